The molecule has 5 heteroatoms. The Bertz CT molecular complexity index is 1000. The van der Waals surface area contributed by atoms with Crippen LogP contribution in [0.5, 0.6) is 0 Å². The molecule has 0 spiro atoms. The van der Waals surface area contributed by atoms with E-state index in [1.807, 2.05) is 12.1 Å². The largest absolute Gasteiger partial charge is 0.327 e. The Morgan fingerprint density at radius 3 is 2.75 bits per heavy atom. The first-order chi connectivity index (χ1) is 13.7. The van der Waals surface area contributed by atoms with Crippen molar-refractivity contribution in [1.29, 1.82) is 0 Å². The van der Waals surface area contributed by atoms with Crippen molar-refractivity contribution < 1.29 is 4.79 Å². The van der Waals surface area contributed by atoms with Crippen molar-refractivity contribution in [3.8, 4) is 0 Å². The Hall–Kier alpha value is -2.59. The molecule has 0 radical (unpaired) electrons. The molecule has 0 bridgehead atoms. The molecule has 28 heavy (non-hydrogen) atoms. The molecule has 1 aromatic heterocycles. The SMILES string of the molecule is C=CCN(Cc1nc2ccccc2n1C1CCCC1)C(=O)c1cccc(Cl)c1. The molecule has 0 aliphatic heterocycles. The van der Waals surface area contributed by atoms with E-state index in [1.54, 1.807) is 35.2 Å². The summed E-state index contributed by atoms with van der Waals surface area (Å²) >= 11 is 6.09. The fraction of sp³-hybridized carbons (Fsp3) is 0.304. The summed E-state index contributed by atoms with van der Waals surface area (Å²) in [6.07, 6.45) is 6.57. The van der Waals surface area contributed by atoms with Gasteiger partial charge in [-0.3, -0.25) is 4.79 Å². The number of hydrogen-bond acceptors (Lipinski definition) is 2. The molecule has 4 nitrogen and oxygen atoms in total. The molecule has 2 aromatic carbocycles. The first kappa shape index (κ1) is 18.8. The minimum Gasteiger partial charge on any atom is -0.327 e. The van der Waals surface area contributed by atoms with E-state index in [2.05, 4.69) is 23.3 Å². The maximum atomic E-state index is 13.1. The Labute approximate surface area is 170 Å². The number of benzene rings is 2. The number of imidazole rings is 1. The smallest absolute Gasteiger partial charge is 0.254 e. The van der Waals surface area contributed by atoms with E-state index in [4.69, 9.17) is 16.6 Å². The third-order valence-corrected chi connectivity index (χ3v) is 5.63. The van der Waals surface area contributed by atoms with Crippen LogP contribution < -0.4 is 0 Å². The van der Waals surface area contributed by atoms with E-state index in [9.17, 15) is 4.79 Å². The van der Waals surface area contributed by atoms with Gasteiger partial charge in [-0.05, 0) is 43.2 Å². The summed E-state index contributed by atoms with van der Waals surface area (Å²) in [6, 6.07) is 15.8. The van der Waals surface area contributed by atoms with Crippen molar-refractivity contribution in [2.75, 3.05) is 6.54 Å². The van der Waals surface area contributed by atoms with E-state index in [-0.39, 0.29) is 5.91 Å². The van der Waals surface area contributed by atoms with Gasteiger partial charge in [-0.15, -0.1) is 6.58 Å². The van der Waals surface area contributed by atoms with Gasteiger partial charge in [0.1, 0.15) is 5.82 Å². The maximum absolute atomic E-state index is 13.1. The number of rotatable bonds is 6. The van der Waals surface area contributed by atoms with Gasteiger partial charge in [-0.2, -0.15) is 0 Å². The summed E-state index contributed by atoms with van der Waals surface area (Å²) < 4.78 is 2.35. The molecule has 1 aliphatic carbocycles. The number of para-hydroxylation sites is 2. The van der Waals surface area contributed by atoms with E-state index in [0.29, 0.717) is 29.7 Å². The van der Waals surface area contributed by atoms with Crippen molar-refractivity contribution in [3.05, 3.63) is 77.6 Å². The molecule has 0 N–H and O–H groups in total. The second-order valence-corrected chi connectivity index (χ2v) is 7.75. The van der Waals surface area contributed by atoms with Gasteiger partial charge < -0.3 is 9.47 Å². The van der Waals surface area contributed by atoms with Crippen LogP contribution in [0.15, 0.2) is 61.2 Å². The van der Waals surface area contributed by atoms with Gasteiger partial charge in [0.05, 0.1) is 17.6 Å². The maximum Gasteiger partial charge on any atom is 0.254 e. The summed E-state index contributed by atoms with van der Waals surface area (Å²) in [7, 11) is 0. The number of amides is 1. The molecule has 1 heterocycles. The Balaban J connectivity index is 1.70. The number of hydrogen-bond donors (Lipinski definition) is 0. The fourth-order valence-corrected chi connectivity index (χ4v) is 4.32. The highest BCUT2D eigenvalue weighted by molar-refractivity contribution is 6.30. The molecule has 4 rings (SSSR count). The summed E-state index contributed by atoms with van der Waals surface area (Å²) in [5, 5.41) is 0.558. The second-order valence-electron chi connectivity index (χ2n) is 7.31. The first-order valence-corrected chi connectivity index (χ1v) is 10.2. The average molecular weight is 394 g/mol. The molecule has 0 unspecified atom stereocenters. The quantitative estimate of drug-likeness (QED) is 0.509. The minimum atomic E-state index is -0.0626. The highest BCUT2D eigenvalue weighted by Crippen LogP contribution is 2.34. The monoisotopic (exact) mass is 393 g/mol. The summed E-state index contributed by atoms with van der Waals surface area (Å²) in [5.41, 5.74) is 2.72. The van der Waals surface area contributed by atoms with Crippen molar-refractivity contribution in [2.24, 2.45) is 0 Å². The molecular formula is C23H24ClN3O. The Morgan fingerprint density at radius 2 is 2.00 bits per heavy atom. The number of aromatic nitrogens is 2. The second kappa shape index (κ2) is 8.19. The van der Waals surface area contributed by atoms with Gasteiger partial charge >= 0.3 is 0 Å². The lowest BCUT2D eigenvalue weighted by Crippen LogP contribution is -2.32. The number of nitrogens with zero attached hydrogens (tertiary/aromatic N) is 3. The van der Waals surface area contributed by atoms with Crippen LogP contribution in [-0.2, 0) is 6.54 Å². The summed E-state index contributed by atoms with van der Waals surface area (Å²) in [4.78, 5) is 19.8. The van der Waals surface area contributed by atoms with Gasteiger partial charge in [-0.1, -0.05) is 48.7 Å². The van der Waals surface area contributed by atoms with E-state index < -0.39 is 0 Å². The van der Waals surface area contributed by atoms with Gasteiger partial charge in [0.15, 0.2) is 0 Å². The first-order valence-electron chi connectivity index (χ1n) is 9.79. The van der Waals surface area contributed by atoms with Crippen LogP contribution >= 0.6 is 11.6 Å². The van der Waals surface area contributed by atoms with Crippen LogP contribution in [0.3, 0.4) is 0 Å². The predicted molar refractivity (Wildman–Crippen MR) is 114 cm³/mol. The van der Waals surface area contributed by atoms with Crippen molar-refractivity contribution >= 4 is 28.5 Å². The highest BCUT2D eigenvalue weighted by atomic mass is 35.5. The fourth-order valence-electron chi connectivity index (χ4n) is 4.13. The molecule has 1 saturated carbocycles. The van der Waals surface area contributed by atoms with Gasteiger partial charge in [0, 0.05) is 23.2 Å². The highest BCUT2D eigenvalue weighted by Gasteiger charge is 2.25. The van der Waals surface area contributed by atoms with Gasteiger partial charge in [0.25, 0.3) is 5.91 Å². The predicted octanol–water partition coefficient (Wildman–Crippen LogP) is 5.63. The zero-order valence-corrected chi connectivity index (χ0v) is 16.6. The number of carbonyl (C=O) groups excluding carboxylic acids is 1. The third-order valence-electron chi connectivity index (χ3n) is 5.40. The van der Waals surface area contributed by atoms with Crippen LogP contribution in [0.2, 0.25) is 5.02 Å². The molecule has 144 valence electrons. The van der Waals surface area contributed by atoms with E-state index in [1.165, 1.54) is 12.8 Å². The molecule has 0 atom stereocenters. The van der Waals surface area contributed by atoms with Crippen LogP contribution in [0.1, 0.15) is 47.9 Å². The lowest BCUT2D eigenvalue weighted by atomic mass is 10.2. The minimum absolute atomic E-state index is 0.0626. The molecule has 3 aromatic rings. The molecule has 1 fully saturated rings. The number of fused-ring (bicyclic) bond motifs is 1. The zero-order valence-electron chi connectivity index (χ0n) is 15.9. The molecule has 1 amide bonds. The average Bonchev–Trinajstić information content (AvgIpc) is 3.34. The molecule has 1 aliphatic rings. The Morgan fingerprint density at radius 1 is 1.21 bits per heavy atom. The van der Waals surface area contributed by atoms with Crippen LogP contribution in [0.25, 0.3) is 11.0 Å². The number of carbonyl (C=O) groups is 1. The standard InChI is InChI=1S/C23H24ClN3O/c1-2-14-26(23(28)17-8-7-9-18(24)15-17)16-22-25-20-12-5-6-13-21(20)27(22)19-10-3-4-11-19/h2,5-9,12-13,15,19H,1,3-4,10-11,14,16H2. The third kappa shape index (κ3) is 3.69. The van der Waals surface area contributed by atoms with Crippen LogP contribution in [-0.4, -0.2) is 26.9 Å². The number of halogens is 1. The van der Waals surface area contributed by atoms with Crippen LogP contribution in [0.4, 0.5) is 0 Å². The molecular weight excluding hydrogens is 370 g/mol. The van der Waals surface area contributed by atoms with Crippen molar-refractivity contribution in [3.63, 3.8) is 0 Å². The normalized spacial score (nSPS) is 14.5. The topological polar surface area (TPSA) is 38.1 Å². The van der Waals surface area contributed by atoms with Gasteiger partial charge in [0.2, 0.25) is 0 Å². The Kier molecular flexibility index (Phi) is 5.49. The lowest BCUT2D eigenvalue weighted by Gasteiger charge is -2.23. The van der Waals surface area contributed by atoms with E-state index >= 15 is 0 Å². The zero-order chi connectivity index (χ0) is 19.5. The lowest BCUT2D eigenvalue weighted by molar-refractivity contribution is 0.0756. The van der Waals surface area contributed by atoms with E-state index in [0.717, 1.165) is 29.7 Å². The van der Waals surface area contributed by atoms with Gasteiger partial charge in [-0.25, -0.2) is 4.98 Å². The summed E-state index contributed by atoms with van der Waals surface area (Å²) in [6.45, 7) is 4.74. The molecule has 0 saturated heterocycles. The van der Waals surface area contributed by atoms with Crippen molar-refractivity contribution in [2.45, 2.75) is 38.3 Å². The van der Waals surface area contributed by atoms with Crippen LogP contribution in [0, 0.1) is 0 Å². The summed E-state index contributed by atoms with van der Waals surface area (Å²) in [5.74, 6) is 0.873. The van der Waals surface area contributed by atoms with Crippen molar-refractivity contribution in [1.82, 2.24) is 14.5 Å².